The first kappa shape index (κ1) is 29.0. The maximum Gasteiger partial charge on any atom is 0.243 e. The smallest absolute Gasteiger partial charge is 0.240 e. The first-order valence-corrected chi connectivity index (χ1v) is 16.7. The fourth-order valence-corrected chi connectivity index (χ4v) is 7.86. The van der Waals surface area contributed by atoms with Gasteiger partial charge in [-0.25, -0.2) is 21.5 Å². The summed E-state index contributed by atoms with van der Waals surface area (Å²) in [5.74, 6) is 0.275. The van der Waals surface area contributed by atoms with Gasteiger partial charge in [-0.2, -0.15) is 14.7 Å². The van der Waals surface area contributed by atoms with E-state index in [9.17, 15) is 22.1 Å². The highest BCUT2D eigenvalue weighted by Gasteiger charge is 2.29. The number of rotatable bonds is 7. The van der Waals surface area contributed by atoms with Crippen molar-refractivity contribution in [2.75, 3.05) is 13.1 Å². The molecule has 2 heterocycles. The number of aromatic nitrogens is 2. The minimum Gasteiger partial charge on any atom is -0.240 e. The molecule has 8 nitrogen and oxygen atoms in total. The zero-order valence-electron chi connectivity index (χ0n) is 22.2. The van der Waals surface area contributed by atoms with Crippen molar-refractivity contribution < 1.29 is 16.8 Å². The number of para-hydroxylation sites is 1. The van der Waals surface area contributed by atoms with E-state index in [1.165, 1.54) is 22.5 Å². The molecule has 3 aromatic carbocycles. The summed E-state index contributed by atoms with van der Waals surface area (Å²) in [6.45, 7) is 2.97. The maximum atomic E-state index is 13.5. The minimum atomic E-state index is -4.13. The summed E-state index contributed by atoms with van der Waals surface area (Å²) in [5.41, 5.74) is 1.90. The minimum absolute atomic E-state index is 0.0191. The fourth-order valence-electron chi connectivity index (χ4n) is 4.80. The lowest BCUT2D eigenvalue weighted by atomic mass is 10.0. The molecule has 0 spiro atoms. The van der Waals surface area contributed by atoms with Crippen molar-refractivity contribution in [2.45, 2.75) is 29.6 Å². The van der Waals surface area contributed by atoms with Gasteiger partial charge in [0.15, 0.2) is 0 Å². The van der Waals surface area contributed by atoms with Crippen molar-refractivity contribution in [3.05, 3.63) is 100 Å². The van der Waals surface area contributed by atoms with E-state index in [0.29, 0.717) is 40.1 Å². The van der Waals surface area contributed by atoms with Crippen molar-refractivity contribution in [2.24, 2.45) is 5.92 Å². The lowest BCUT2D eigenvalue weighted by molar-refractivity contribution is 0.281. The lowest BCUT2D eigenvalue weighted by Gasteiger charge is -2.30. The Labute approximate surface area is 248 Å². The first-order chi connectivity index (χ1) is 19.6. The Kier molecular flexibility index (Phi) is 8.29. The molecule has 0 aliphatic carbocycles. The Hall–Kier alpha value is -3.56. The summed E-state index contributed by atoms with van der Waals surface area (Å²) in [6, 6.07) is 23.6. The monoisotopic (exact) mass is 650 g/mol. The van der Waals surface area contributed by atoms with Gasteiger partial charge < -0.3 is 0 Å². The largest absolute Gasteiger partial charge is 0.243 e. The number of sulfone groups is 1. The van der Waals surface area contributed by atoms with Gasteiger partial charge in [0.25, 0.3) is 0 Å². The van der Waals surface area contributed by atoms with Gasteiger partial charge in [-0.15, -0.1) is 0 Å². The quantitative estimate of drug-likeness (QED) is 0.225. The summed E-state index contributed by atoms with van der Waals surface area (Å²) in [7, 11) is -7.87. The van der Waals surface area contributed by atoms with Gasteiger partial charge in [-0.05, 0) is 73.4 Å². The Morgan fingerprint density at radius 2 is 1.73 bits per heavy atom. The van der Waals surface area contributed by atoms with Gasteiger partial charge in [0, 0.05) is 34.9 Å². The van der Waals surface area contributed by atoms with Crippen molar-refractivity contribution in [3.63, 3.8) is 0 Å². The molecular weight excluding hydrogens is 624 g/mol. The van der Waals surface area contributed by atoms with E-state index in [4.69, 9.17) is 5.10 Å². The van der Waals surface area contributed by atoms with E-state index in [-0.39, 0.29) is 15.7 Å². The molecule has 41 heavy (non-hydrogen) atoms. The van der Waals surface area contributed by atoms with Crippen LogP contribution in [-0.4, -0.2) is 44.0 Å². The van der Waals surface area contributed by atoms with Gasteiger partial charge in [0.1, 0.15) is 16.7 Å². The molecule has 0 N–H and O–H groups in total. The maximum absolute atomic E-state index is 13.5. The van der Waals surface area contributed by atoms with Crippen LogP contribution in [0.1, 0.15) is 25.3 Å². The van der Waals surface area contributed by atoms with E-state index in [0.717, 1.165) is 12.8 Å². The Balaban J connectivity index is 1.63. The topological polar surface area (TPSA) is 113 Å². The van der Waals surface area contributed by atoms with Gasteiger partial charge in [-0.1, -0.05) is 53.2 Å². The van der Waals surface area contributed by atoms with Crippen LogP contribution in [0.5, 0.6) is 0 Å². The van der Waals surface area contributed by atoms with Crippen LogP contribution >= 0.6 is 15.9 Å². The normalized spacial score (nSPS) is 16.8. The molecule has 0 saturated carbocycles. The number of piperidine rings is 1. The molecule has 5 rings (SSSR count). The number of hydrogen-bond acceptors (Lipinski definition) is 6. The van der Waals surface area contributed by atoms with Crippen LogP contribution in [0.25, 0.3) is 23.0 Å². The third-order valence-electron chi connectivity index (χ3n) is 6.94. The average Bonchev–Trinajstić information content (AvgIpc) is 3.40. The van der Waals surface area contributed by atoms with Crippen molar-refractivity contribution >= 4 is 41.9 Å². The number of hydrogen-bond donors (Lipinski definition) is 0. The molecule has 11 heteroatoms. The number of nitriles is 1. The zero-order chi connectivity index (χ0) is 29.2. The number of sulfonamides is 1. The van der Waals surface area contributed by atoms with Crippen LogP contribution in [0.3, 0.4) is 0 Å². The van der Waals surface area contributed by atoms with Gasteiger partial charge in [0.2, 0.25) is 19.9 Å². The van der Waals surface area contributed by atoms with Gasteiger partial charge in [-0.3, -0.25) is 0 Å². The number of benzene rings is 3. The molecule has 0 radical (unpaired) electrons. The van der Waals surface area contributed by atoms with Gasteiger partial charge in [0.05, 0.1) is 15.5 Å². The standard InChI is InChI=1S/C30H27BrN4O4S2/c1-22-7-6-16-34(20-22)41(38,39)28-11-5-8-23(17-28)30-24(21-35(33-30)26-9-3-2-4-10-26)18-29(19-32)40(36,37)27-14-12-25(31)13-15-27/h2-5,8-15,17-18,21-22H,6-7,16,20H2,1H3/b29-18+. The van der Waals surface area contributed by atoms with Crippen LogP contribution in [-0.2, 0) is 19.9 Å². The molecule has 1 aromatic heterocycles. The Bertz CT molecular complexity index is 1860. The molecule has 1 aliphatic heterocycles. The first-order valence-electron chi connectivity index (χ1n) is 13.0. The molecule has 1 fully saturated rings. The third kappa shape index (κ3) is 6.06. The van der Waals surface area contributed by atoms with E-state index in [2.05, 4.69) is 15.9 Å². The second kappa shape index (κ2) is 11.7. The Morgan fingerprint density at radius 1 is 1.00 bits per heavy atom. The molecule has 0 bridgehead atoms. The highest BCUT2D eigenvalue weighted by Crippen LogP contribution is 2.31. The average molecular weight is 652 g/mol. The van der Waals surface area contributed by atoms with Crippen molar-refractivity contribution in [1.29, 1.82) is 5.26 Å². The van der Waals surface area contributed by atoms with E-state index >= 15 is 0 Å². The lowest BCUT2D eigenvalue weighted by Crippen LogP contribution is -2.39. The predicted octanol–water partition coefficient (Wildman–Crippen LogP) is 6.06. The van der Waals surface area contributed by atoms with Gasteiger partial charge >= 0.3 is 0 Å². The van der Waals surface area contributed by atoms with E-state index in [1.54, 1.807) is 47.3 Å². The fraction of sp³-hybridized carbons (Fsp3) is 0.200. The number of allylic oxidation sites excluding steroid dienone is 1. The predicted molar refractivity (Wildman–Crippen MR) is 161 cm³/mol. The molecule has 1 unspecified atom stereocenters. The summed E-state index contributed by atoms with van der Waals surface area (Å²) in [6.07, 6.45) is 4.71. The van der Waals surface area contributed by atoms with E-state index < -0.39 is 24.8 Å². The summed E-state index contributed by atoms with van der Waals surface area (Å²) < 4.78 is 57.6. The summed E-state index contributed by atoms with van der Waals surface area (Å²) in [5, 5.41) is 14.6. The zero-order valence-corrected chi connectivity index (χ0v) is 25.4. The molecule has 0 amide bonds. The molecular formula is C30H27BrN4O4S2. The second-order valence-electron chi connectivity index (χ2n) is 9.93. The molecule has 4 aromatic rings. The van der Waals surface area contributed by atoms with Crippen molar-refractivity contribution in [3.8, 4) is 23.0 Å². The van der Waals surface area contributed by atoms with Crippen LogP contribution in [0.4, 0.5) is 0 Å². The third-order valence-corrected chi connectivity index (χ3v) is 11.0. The van der Waals surface area contributed by atoms with Crippen molar-refractivity contribution in [1.82, 2.24) is 14.1 Å². The van der Waals surface area contributed by atoms with Crippen LogP contribution < -0.4 is 0 Å². The molecule has 1 aliphatic rings. The number of halogens is 1. The second-order valence-corrected chi connectivity index (χ2v) is 14.7. The van der Waals surface area contributed by atoms with Crippen LogP contribution in [0.2, 0.25) is 0 Å². The Morgan fingerprint density at radius 3 is 2.41 bits per heavy atom. The van der Waals surface area contributed by atoms with Crippen LogP contribution in [0, 0.1) is 17.2 Å². The highest BCUT2D eigenvalue weighted by molar-refractivity contribution is 9.10. The van der Waals surface area contributed by atoms with E-state index in [1.807, 2.05) is 43.3 Å². The SMILES string of the molecule is CC1CCCN(S(=O)(=O)c2cccc(-c3nn(-c4ccccc4)cc3/C=C(\C#N)S(=O)(=O)c3ccc(Br)cc3)c2)C1. The number of nitrogens with zero attached hydrogens (tertiary/aromatic N) is 4. The highest BCUT2D eigenvalue weighted by atomic mass is 79.9. The molecule has 210 valence electrons. The molecule has 1 atom stereocenters. The summed E-state index contributed by atoms with van der Waals surface area (Å²) in [4.78, 5) is -0.342. The van der Waals surface area contributed by atoms with Crippen LogP contribution in [0.15, 0.2) is 104 Å². The summed E-state index contributed by atoms with van der Waals surface area (Å²) >= 11 is 3.30. The molecule has 1 saturated heterocycles.